The highest BCUT2D eigenvalue weighted by atomic mass is 79.9. The van der Waals surface area contributed by atoms with Crippen LogP contribution in [-0.4, -0.2) is 14.2 Å². The number of hydrogen-bond acceptors (Lipinski definition) is 4. The number of nitrogens with two attached hydrogens (primary N) is 1. The van der Waals surface area contributed by atoms with Crippen molar-refractivity contribution in [1.29, 1.82) is 0 Å². The van der Waals surface area contributed by atoms with Crippen molar-refractivity contribution < 1.29 is 9.47 Å². The van der Waals surface area contributed by atoms with Crippen LogP contribution in [0.25, 0.3) is 0 Å². The summed E-state index contributed by atoms with van der Waals surface area (Å²) in [6.07, 6.45) is 0. The van der Waals surface area contributed by atoms with Gasteiger partial charge in [0.25, 0.3) is 0 Å². The number of methoxy groups -OCH3 is 2. The summed E-state index contributed by atoms with van der Waals surface area (Å²) < 4.78 is 11.7. The number of benzene rings is 2. The van der Waals surface area contributed by atoms with Gasteiger partial charge in [-0.15, -0.1) is 0 Å². The lowest BCUT2D eigenvalue weighted by Crippen LogP contribution is -2.29. The van der Waals surface area contributed by atoms with Crippen LogP contribution in [0.1, 0.15) is 22.7 Å². The lowest BCUT2D eigenvalue weighted by Gasteiger charge is -2.22. The summed E-state index contributed by atoms with van der Waals surface area (Å²) in [6, 6.07) is 11.7. The van der Waals surface area contributed by atoms with Gasteiger partial charge in [0.2, 0.25) is 0 Å². The van der Waals surface area contributed by atoms with E-state index in [1.54, 1.807) is 14.2 Å². The highest BCUT2D eigenvalue weighted by molar-refractivity contribution is 9.10. The number of rotatable bonds is 5. The number of nitrogens with one attached hydrogen (secondary N) is 1. The van der Waals surface area contributed by atoms with E-state index in [-0.39, 0.29) is 6.04 Å². The maximum Gasteiger partial charge on any atom is 0.127 e. The Balaban J connectivity index is 2.53. The first-order valence-electron chi connectivity index (χ1n) is 6.54. The highest BCUT2D eigenvalue weighted by Gasteiger charge is 2.19. The molecule has 0 aliphatic heterocycles. The van der Waals surface area contributed by atoms with Crippen molar-refractivity contribution in [2.75, 3.05) is 14.2 Å². The molecule has 2 aromatic carbocycles. The van der Waals surface area contributed by atoms with Crippen LogP contribution >= 0.6 is 15.9 Å². The first kappa shape index (κ1) is 15.8. The van der Waals surface area contributed by atoms with Crippen LogP contribution in [0.15, 0.2) is 40.9 Å². The molecule has 0 radical (unpaired) electrons. The van der Waals surface area contributed by atoms with Crippen molar-refractivity contribution in [3.05, 3.63) is 57.6 Å². The van der Waals surface area contributed by atoms with Crippen molar-refractivity contribution in [3.63, 3.8) is 0 Å². The van der Waals surface area contributed by atoms with E-state index in [0.29, 0.717) is 0 Å². The molecule has 0 spiro atoms. The Morgan fingerprint density at radius 3 is 2.43 bits per heavy atom. The van der Waals surface area contributed by atoms with Crippen molar-refractivity contribution in [3.8, 4) is 11.5 Å². The third kappa shape index (κ3) is 3.37. The molecule has 2 rings (SSSR count). The molecule has 0 fully saturated rings. The van der Waals surface area contributed by atoms with Crippen LogP contribution in [0, 0.1) is 6.92 Å². The second-order valence-corrected chi connectivity index (χ2v) is 5.62. The SMILES string of the molecule is COc1ccc(C(NN)c2cc(Br)ccc2C)c(OC)c1. The number of ether oxygens (including phenoxy) is 2. The van der Waals surface area contributed by atoms with Gasteiger partial charge in [-0.3, -0.25) is 5.84 Å². The Bertz CT molecular complexity index is 632. The second kappa shape index (κ2) is 6.93. The van der Waals surface area contributed by atoms with Crippen LogP contribution in [-0.2, 0) is 0 Å². The quantitative estimate of drug-likeness (QED) is 0.641. The monoisotopic (exact) mass is 350 g/mol. The summed E-state index contributed by atoms with van der Waals surface area (Å²) in [5.74, 6) is 7.28. The number of aryl methyl sites for hydroxylation is 1. The average molecular weight is 351 g/mol. The molecule has 0 saturated carbocycles. The molecule has 0 aliphatic rings. The molecule has 112 valence electrons. The van der Waals surface area contributed by atoms with E-state index in [0.717, 1.165) is 32.7 Å². The Labute approximate surface area is 133 Å². The van der Waals surface area contributed by atoms with Gasteiger partial charge in [0.1, 0.15) is 11.5 Å². The Kier molecular flexibility index (Phi) is 5.22. The summed E-state index contributed by atoms with van der Waals surface area (Å²) in [6.45, 7) is 2.06. The molecule has 0 amide bonds. The first-order valence-corrected chi connectivity index (χ1v) is 7.34. The first-order chi connectivity index (χ1) is 10.1. The van der Waals surface area contributed by atoms with E-state index in [1.165, 1.54) is 0 Å². The zero-order chi connectivity index (χ0) is 15.4. The minimum Gasteiger partial charge on any atom is -0.497 e. The molecule has 0 heterocycles. The summed E-state index contributed by atoms with van der Waals surface area (Å²) >= 11 is 3.50. The number of hydrazine groups is 1. The molecule has 0 saturated heterocycles. The molecule has 1 atom stereocenters. The molecule has 5 heteroatoms. The minimum absolute atomic E-state index is 0.164. The third-order valence-electron chi connectivity index (χ3n) is 3.47. The lowest BCUT2D eigenvalue weighted by atomic mass is 9.95. The van der Waals surface area contributed by atoms with Crippen molar-refractivity contribution >= 4 is 15.9 Å². The van der Waals surface area contributed by atoms with Crippen LogP contribution in [0.5, 0.6) is 11.5 Å². The van der Waals surface area contributed by atoms with Crippen LogP contribution in [0.3, 0.4) is 0 Å². The van der Waals surface area contributed by atoms with Gasteiger partial charge in [-0.2, -0.15) is 0 Å². The fourth-order valence-corrected chi connectivity index (χ4v) is 2.71. The Hall–Kier alpha value is -1.56. The molecule has 1 unspecified atom stereocenters. The van der Waals surface area contributed by atoms with Gasteiger partial charge >= 0.3 is 0 Å². The topological polar surface area (TPSA) is 56.5 Å². The summed E-state index contributed by atoms with van der Waals surface area (Å²) in [5.41, 5.74) is 6.08. The summed E-state index contributed by atoms with van der Waals surface area (Å²) in [7, 11) is 3.27. The van der Waals surface area contributed by atoms with E-state index in [1.807, 2.05) is 24.3 Å². The van der Waals surface area contributed by atoms with E-state index in [2.05, 4.69) is 40.4 Å². The van der Waals surface area contributed by atoms with E-state index >= 15 is 0 Å². The van der Waals surface area contributed by atoms with E-state index < -0.39 is 0 Å². The average Bonchev–Trinajstić information content (AvgIpc) is 2.51. The van der Waals surface area contributed by atoms with E-state index in [9.17, 15) is 0 Å². The van der Waals surface area contributed by atoms with Gasteiger partial charge in [-0.05, 0) is 42.3 Å². The molecule has 0 aliphatic carbocycles. The molecule has 2 aromatic rings. The van der Waals surface area contributed by atoms with Crippen molar-refractivity contribution in [2.45, 2.75) is 13.0 Å². The number of hydrogen-bond donors (Lipinski definition) is 2. The smallest absolute Gasteiger partial charge is 0.127 e. The standard InChI is InChI=1S/C16H19BrN2O2/c1-10-4-5-11(17)8-14(10)16(19-18)13-7-6-12(20-2)9-15(13)21-3/h4-9,16,19H,18H2,1-3H3. The normalized spacial score (nSPS) is 12.0. The van der Waals surface area contributed by atoms with Crippen LogP contribution < -0.4 is 20.7 Å². The molecule has 4 nitrogen and oxygen atoms in total. The van der Waals surface area contributed by atoms with Crippen LogP contribution in [0.2, 0.25) is 0 Å². The molecule has 0 aromatic heterocycles. The van der Waals surface area contributed by atoms with Gasteiger partial charge in [0.05, 0.1) is 20.3 Å². The fraction of sp³-hybridized carbons (Fsp3) is 0.250. The third-order valence-corrected chi connectivity index (χ3v) is 3.96. The highest BCUT2D eigenvalue weighted by Crippen LogP contribution is 2.34. The Morgan fingerprint density at radius 2 is 1.81 bits per heavy atom. The van der Waals surface area contributed by atoms with Gasteiger partial charge in [0.15, 0.2) is 0 Å². The molecule has 0 bridgehead atoms. The van der Waals surface area contributed by atoms with Crippen molar-refractivity contribution in [2.24, 2.45) is 5.84 Å². The number of halogens is 1. The zero-order valence-corrected chi connectivity index (χ0v) is 13.9. The Morgan fingerprint density at radius 1 is 1.05 bits per heavy atom. The van der Waals surface area contributed by atoms with Crippen molar-refractivity contribution in [1.82, 2.24) is 5.43 Å². The second-order valence-electron chi connectivity index (χ2n) is 4.71. The van der Waals surface area contributed by atoms with Gasteiger partial charge in [-0.25, -0.2) is 5.43 Å². The molecular weight excluding hydrogens is 332 g/mol. The summed E-state index contributed by atoms with van der Waals surface area (Å²) in [4.78, 5) is 0. The molecule has 3 N–H and O–H groups in total. The zero-order valence-electron chi connectivity index (χ0n) is 12.3. The molecular formula is C16H19BrN2O2. The predicted molar refractivity (Wildman–Crippen MR) is 87.6 cm³/mol. The molecule has 21 heavy (non-hydrogen) atoms. The van der Waals surface area contributed by atoms with E-state index in [4.69, 9.17) is 15.3 Å². The van der Waals surface area contributed by atoms with Crippen LogP contribution in [0.4, 0.5) is 0 Å². The largest absolute Gasteiger partial charge is 0.497 e. The maximum absolute atomic E-state index is 5.80. The van der Waals surface area contributed by atoms with Gasteiger partial charge in [0, 0.05) is 16.1 Å². The minimum atomic E-state index is -0.164. The van der Waals surface area contributed by atoms with Gasteiger partial charge in [-0.1, -0.05) is 22.0 Å². The maximum atomic E-state index is 5.80. The summed E-state index contributed by atoms with van der Waals surface area (Å²) in [5, 5.41) is 0. The lowest BCUT2D eigenvalue weighted by molar-refractivity contribution is 0.387. The fourth-order valence-electron chi connectivity index (χ4n) is 2.33. The predicted octanol–water partition coefficient (Wildman–Crippen LogP) is 3.33. The van der Waals surface area contributed by atoms with Gasteiger partial charge < -0.3 is 9.47 Å².